The van der Waals surface area contributed by atoms with Crippen LogP contribution in [0.15, 0.2) is 42.7 Å². The fraction of sp³-hybridized carbons (Fsp3) is 0.458. The first-order valence-corrected chi connectivity index (χ1v) is 11.7. The van der Waals surface area contributed by atoms with Crippen molar-refractivity contribution in [3.8, 4) is 0 Å². The van der Waals surface area contributed by atoms with Crippen LogP contribution in [0.25, 0.3) is 5.65 Å². The quantitative estimate of drug-likeness (QED) is 0.567. The predicted octanol–water partition coefficient (Wildman–Crippen LogP) is 3.24. The van der Waals surface area contributed by atoms with Crippen molar-refractivity contribution >= 4 is 29.0 Å². The van der Waals surface area contributed by atoms with Gasteiger partial charge in [-0.1, -0.05) is 13.8 Å². The van der Waals surface area contributed by atoms with Gasteiger partial charge in [0.1, 0.15) is 12.1 Å². The van der Waals surface area contributed by atoms with E-state index in [1.54, 1.807) is 23.0 Å². The van der Waals surface area contributed by atoms with Gasteiger partial charge in [-0.05, 0) is 62.1 Å². The van der Waals surface area contributed by atoms with Gasteiger partial charge < -0.3 is 15.1 Å². The minimum atomic E-state index is -0.0502. The van der Waals surface area contributed by atoms with E-state index in [1.165, 1.54) is 0 Å². The van der Waals surface area contributed by atoms with Crippen LogP contribution in [0.1, 0.15) is 49.9 Å². The molecule has 3 aromatic rings. The van der Waals surface area contributed by atoms with Crippen LogP contribution in [0.3, 0.4) is 0 Å². The number of piperidine rings is 1. The highest BCUT2D eigenvalue weighted by molar-refractivity contribution is 5.96. The van der Waals surface area contributed by atoms with Crippen molar-refractivity contribution in [2.45, 2.75) is 39.5 Å². The van der Waals surface area contributed by atoms with Crippen LogP contribution in [-0.4, -0.2) is 62.7 Å². The third kappa shape index (κ3) is 5.30. The second kappa shape index (κ2) is 10.4. The Morgan fingerprint density at radius 1 is 1.03 bits per heavy atom. The molecule has 0 unspecified atom stereocenters. The van der Waals surface area contributed by atoms with Crippen molar-refractivity contribution in [2.75, 3.05) is 36.4 Å². The van der Waals surface area contributed by atoms with Gasteiger partial charge in [-0.3, -0.25) is 9.59 Å². The third-order valence-electron chi connectivity index (χ3n) is 6.01. The maximum Gasteiger partial charge on any atom is 0.253 e. The standard InChI is InChI=1S/C24H31N7O2/c1-3-13-30(14-4-2)24(33)19-5-7-20(8-6-19)26-23(32)18-11-15-29(16-12-18)22-10-9-21-27-25-17-31(21)28-22/h5-10,17-18H,3-4,11-16H2,1-2H3,(H,26,32). The van der Waals surface area contributed by atoms with E-state index in [0.717, 1.165) is 63.4 Å². The zero-order valence-electron chi connectivity index (χ0n) is 19.3. The van der Waals surface area contributed by atoms with E-state index in [0.29, 0.717) is 11.2 Å². The van der Waals surface area contributed by atoms with Crippen LogP contribution < -0.4 is 10.2 Å². The molecule has 0 radical (unpaired) electrons. The summed E-state index contributed by atoms with van der Waals surface area (Å²) < 4.78 is 1.66. The highest BCUT2D eigenvalue weighted by Crippen LogP contribution is 2.23. The number of carbonyl (C=O) groups is 2. The van der Waals surface area contributed by atoms with Crippen molar-refractivity contribution in [3.63, 3.8) is 0 Å². The van der Waals surface area contributed by atoms with Gasteiger partial charge in [-0.25, -0.2) is 0 Å². The molecule has 174 valence electrons. The van der Waals surface area contributed by atoms with Gasteiger partial charge in [-0.2, -0.15) is 4.52 Å². The molecule has 4 rings (SSSR count). The molecule has 0 atom stereocenters. The van der Waals surface area contributed by atoms with Gasteiger partial charge in [0.05, 0.1) is 0 Å². The van der Waals surface area contributed by atoms with Crippen LogP contribution in [0.2, 0.25) is 0 Å². The Morgan fingerprint density at radius 3 is 2.39 bits per heavy atom. The summed E-state index contributed by atoms with van der Waals surface area (Å²) in [6, 6.07) is 11.1. The largest absolute Gasteiger partial charge is 0.355 e. The SMILES string of the molecule is CCCN(CCC)C(=O)c1ccc(NC(=O)C2CCN(c3ccc4nncn4n3)CC2)cc1. The smallest absolute Gasteiger partial charge is 0.253 e. The number of nitrogens with zero attached hydrogens (tertiary/aromatic N) is 6. The Hall–Kier alpha value is -3.49. The summed E-state index contributed by atoms with van der Waals surface area (Å²) in [5.74, 6) is 0.879. The first-order valence-electron chi connectivity index (χ1n) is 11.7. The molecule has 0 aliphatic carbocycles. The Bertz CT molecular complexity index is 1080. The molecular weight excluding hydrogens is 418 g/mol. The van der Waals surface area contributed by atoms with Gasteiger partial charge in [0.2, 0.25) is 5.91 Å². The Kier molecular flexibility index (Phi) is 7.16. The fourth-order valence-electron chi connectivity index (χ4n) is 4.24. The topological polar surface area (TPSA) is 95.7 Å². The zero-order valence-corrected chi connectivity index (χ0v) is 19.3. The number of amides is 2. The normalized spacial score (nSPS) is 14.4. The van der Waals surface area contributed by atoms with E-state index in [1.807, 2.05) is 29.2 Å². The summed E-state index contributed by atoms with van der Waals surface area (Å²) in [5, 5.41) is 15.4. The lowest BCUT2D eigenvalue weighted by molar-refractivity contribution is -0.120. The van der Waals surface area contributed by atoms with Crippen molar-refractivity contribution in [1.29, 1.82) is 0 Å². The molecule has 2 amide bonds. The van der Waals surface area contributed by atoms with Gasteiger partial charge >= 0.3 is 0 Å². The maximum atomic E-state index is 12.8. The van der Waals surface area contributed by atoms with Crippen LogP contribution in [0, 0.1) is 5.92 Å². The average Bonchev–Trinajstić information content (AvgIpc) is 3.32. The monoisotopic (exact) mass is 449 g/mol. The number of hydrogen-bond acceptors (Lipinski definition) is 6. The second-order valence-electron chi connectivity index (χ2n) is 8.45. The molecular formula is C24H31N7O2. The first-order chi connectivity index (χ1) is 16.1. The summed E-state index contributed by atoms with van der Waals surface area (Å²) in [7, 11) is 0. The van der Waals surface area contributed by atoms with E-state index in [9.17, 15) is 9.59 Å². The average molecular weight is 450 g/mol. The molecule has 1 aliphatic rings. The molecule has 33 heavy (non-hydrogen) atoms. The lowest BCUT2D eigenvalue weighted by atomic mass is 9.95. The summed E-state index contributed by atoms with van der Waals surface area (Å²) in [6.07, 6.45) is 4.97. The molecule has 1 saturated heterocycles. The van der Waals surface area contributed by atoms with Crippen molar-refractivity contribution in [1.82, 2.24) is 24.7 Å². The third-order valence-corrected chi connectivity index (χ3v) is 6.01. The minimum Gasteiger partial charge on any atom is -0.355 e. The van der Waals surface area contributed by atoms with E-state index in [-0.39, 0.29) is 17.7 Å². The number of hydrogen-bond donors (Lipinski definition) is 1. The lowest BCUT2D eigenvalue weighted by Crippen LogP contribution is -2.38. The highest BCUT2D eigenvalue weighted by atomic mass is 16.2. The maximum absolute atomic E-state index is 12.8. The molecule has 9 nitrogen and oxygen atoms in total. The highest BCUT2D eigenvalue weighted by Gasteiger charge is 2.26. The molecule has 0 bridgehead atoms. The zero-order chi connectivity index (χ0) is 23.2. The van der Waals surface area contributed by atoms with Crippen molar-refractivity contribution < 1.29 is 9.59 Å². The van der Waals surface area contributed by atoms with Crippen molar-refractivity contribution in [2.24, 2.45) is 5.92 Å². The molecule has 1 aliphatic heterocycles. The van der Waals surface area contributed by atoms with Gasteiger partial charge in [0.25, 0.3) is 5.91 Å². The summed E-state index contributed by atoms with van der Waals surface area (Å²) >= 11 is 0. The number of fused-ring (bicyclic) bond motifs is 1. The van der Waals surface area contributed by atoms with Crippen LogP contribution in [0.5, 0.6) is 0 Å². The molecule has 9 heteroatoms. The Balaban J connectivity index is 1.31. The number of carbonyl (C=O) groups excluding carboxylic acids is 2. The lowest BCUT2D eigenvalue weighted by Gasteiger charge is -2.32. The number of anilines is 2. The molecule has 3 heterocycles. The van der Waals surface area contributed by atoms with Gasteiger partial charge in [0.15, 0.2) is 5.65 Å². The van der Waals surface area contributed by atoms with Crippen molar-refractivity contribution in [3.05, 3.63) is 48.3 Å². The van der Waals surface area contributed by atoms with Crippen LogP contribution in [-0.2, 0) is 4.79 Å². The molecule has 0 saturated carbocycles. The molecule has 2 aromatic heterocycles. The molecule has 0 spiro atoms. The minimum absolute atomic E-state index is 0.0227. The van der Waals surface area contributed by atoms with Crippen LogP contribution >= 0.6 is 0 Å². The van der Waals surface area contributed by atoms with E-state index in [2.05, 4.69) is 39.4 Å². The Morgan fingerprint density at radius 2 is 1.73 bits per heavy atom. The summed E-state index contributed by atoms with van der Waals surface area (Å²) in [6.45, 7) is 7.18. The summed E-state index contributed by atoms with van der Waals surface area (Å²) in [5.41, 5.74) is 2.08. The molecule has 1 N–H and O–H groups in total. The number of nitrogens with one attached hydrogen (secondary N) is 1. The van der Waals surface area contributed by atoms with E-state index >= 15 is 0 Å². The van der Waals surface area contributed by atoms with Gasteiger partial charge in [-0.15, -0.1) is 15.3 Å². The predicted molar refractivity (Wildman–Crippen MR) is 127 cm³/mol. The molecule has 1 aromatic carbocycles. The van der Waals surface area contributed by atoms with E-state index in [4.69, 9.17) is 0 Å². The number of aromatic nitrogens is 4. The Labute approximate surface area is 193 Å². The van der Waals surface area contributed by atoms with Crippen LogP contribution in [0.4, 0.5) is 11.5 Å². The number of rotatable bonds is 8. The van der Waals surface area contributed by atoms with Gasteiger partial charge in [0, 0.05) is 43.3 Å². The van der Waals surface area contributed by atoms with E-state index < -0.39 is 0 Å². The fourth-order valence-corrected chi connectivity index (χ4v) is 4.24. The number of benzene rings is 1. The molecule has 1 fully saturated rings. The summed E-state index contributed by atoms with van der Waals surface area (Å²) in [4.78, 5) is 29.6. The first kappa shape index (κ1) is 22.7. The second-order valence-corrected chi connectivity index (χ2v) is 8.45.